The third kappa shape index (κ3) is 3.45. The molecule has 1 aromatic heterocycles. The van der Waals surface area contributed by atoms with Gasteiger partial charge in [0.1, 0.15) is 6.04 Å². The van der Waals surface area contributed by atoms with Crippen LogP contribution in [0.1, 0.15) is 43.3 Å². The monoisotopic (exact) mass is 404 g/mol. The predicted octanol–water partition coefficient (Wildman–Crippen LogP) is 3.33. The zero-order valence-corrected chi connectivity index (χ0v) is 17.2. The van der Waals surface area contributed by atoms with Crippen molar-refractivity contribution in [3.8, 4) is 0 Å². The average molecular weight is 405 g/mol. The summed E-state index contributed by atoms with van der Waals surface area (Å²) in [4.78, 5) is 33.3. The van der Waals surface area contributed by atoms with Gasteiger partial charge in [0.05, 0.1) is 11.0 Å². The number of nitrogens with one attached hydrogen (secondary N) is 1. The SMILES string of the molecule is O=C([C@@H](c1ccccc1)N1CCC(n2c(=O)[nH]c3ccccc32)CC1)N1CCCC1. The Kier molecular flexibility index (Phi) is 5.17. The molecule has 0 saturated carbocycles. The number of hydrogen-bond acceptors (Lipinski definition) is 3. The van der Waals surface area contributed by atoms with Crippen LogP contribution in [0, 0.1) is 0 Å². The molecule has 0 spiro atoms. The van der Waals surface area contributed by atoms with Gasteiger partial charge >= 0.3 is 5.69 Å². The number of para-hydroxylation sites is 2. The van der Waals surface area contributed by atoms with E-state index in [1.807, 2.05) is 51.9 Å². The number of aromatic amines is 1. The number of nitrogens with zero attached hydrogens (tertiary/aromatic N) is 3. The second-order valence-electron chi connectivity index (χ2n) is 8.43. The Morgan fingerprint density at radius 2 is 1.57 bits per heavy atom. The van der Waals surface area contributed by atoms with Crippen molar-refractivity contribution in [1.82, 2.24) is 19.4 Å². The number of imidazole rings is 1. The maximum absolute atomic E-state index is 13.4. The highest BCUT2D eigenvalue weighted by Crippen LogP contribution is 2.32. The van der Waals surface area contributed by atoms with Gasteiger partial charge in [0.25, 0.3) is 0 Å². The number of amides is 1. The molecule has 0 aliphatic carbocycles. The van der Waals surface area contributed by atoms with Gasteiger partial charge in [0.15, 0.2) is 0 Å². The lowest BCUT2D eigenvalue weighted by Crippen LogP contribution is -2.46. The lowest BCUT2D eigenvalue weighted by Gasteiger charge is -2.38. The minimum Gasteiger partial charge on any atom is -0.341 e. The Balaban J connectivity index is 1.38. The van der Waals surface area contributed by atoms with Gasteiger partial charge in [-0.2, -0.15) is 0 Å². The highest BCUT2D eigenvalue weighted by atomic mass is 16.2. The first-order valence-electron chi connectivity index (χ1n) is 11.0. The number of carbonyl (C=O) groups excluding carboxylic acids is 1. The molecule has 1 amide bonds. The summed E-state index contributed by atoms with van der Waals surface area (Å²) >= 11 is 0. The first-order chi connectivity index (χ1) is 14.7. The van der Waals surface area contributed by atoms with Crippen molar-refractivity contribution in [2.75, 3.05) is 26.2 Å². The number of carbonyl (C=O) groups is 1. The topological polar surface area (TPSA) is 61.3 Å². The third-order valence-electron chi connectivity index (χ3n) is 6.62. The van der Waals surface area contributed by atoms with Gasteiger partial charge < -0.3 is 9.88 Å². The van der Waals surface area contributed by atoms with Crippen LogP contribution in [-0.4, -0.2) is 51.4 Å². The fraction of sp³-hybridized carbons (Fsp3) is 0.417. The van der Waals surface area contributed by atoms with Gasteiger partial charge in [-0.3, -0.25) is 14.3 Å². The molecule has 30 heavy (non-hydrogen) atoms. The number of benzene rings is 2. The van der Waals surface area contributed by atoms with Gasteiger partial charge in [-0.05, 0) is 43.4 Å². The molecule has 2 fully saturated rings. The average Bonchev–Trinajstić information content (AvgIpc) is 3.43. The van der Waals surface area contributed by atoms with E-state index in [0.29, 0.717) is 0 Å². The van der Waals surface area contributed by atoms with Crippen molar-refractivity contribution < 1.29 is 4.79 Å². The van der Waals surface area contributed by atoms with Crippen molar-refractivity contribution in [2.24, 2.45) is 0 Å². The number of H-pyrrole nitrogens is 1. The van der Waals surface area contributed by atoms with Crippen LogP contribution in [0.5, 0.6) is 0 Å². The first kappa shape index (κ1) is 19.1. The van der Waals surface area contributed by atoms with Gasteiger partial charge in [0.2, 0.25) is 5.91 Å². The maximum Gasteiger partial charge on any atom is 0.326 e. The lowest BCUT2D eigenvalue weighted by atomic mass is 9.98. The van der Waals surface area contributed by atoms with Crippen molar-refractivity contribution >= 4 is 16.9 Å². The summed E-state index contributed by atoms with van der Waals surface area (Å²) in [7, 11) is 0. The zero-order chi connectivity index (χ0) is 20.5. The van der Waals surface area contributed by atoms with E-state index in [9.17, 15) is 9.59 Å². The van der Waals surface area contributed by atoms with Crippen LogP contribution in [0.15, 0.2) is 59.4 Å². The Hall–Kier alpha value is -2.86. The molecule has 6 nitrogen and oxygen atoms in total. The Morgan fingerprint density at radius 3 is 2.30 bits per heavy atom. The summed E-state index contributed by atoms with van der Waals surface area (Å²) in [5, 5.41) is 0. The standard InChI is InChI=1S/C24H28N4O2/c29-23(27-14-6-7-15-27)22(18-8-2-1-3-9-18)26-16-12-19(13-17-26)28-21-11-5-4-10-20(21)25-24(28)30/h1-5,8-11,19,22H,6-7,12-17H2,(H,25,30)/t22-/m1/s1. The van der Waals surface area contributed by atoms with E-state index in [-0.39, 0.29) is 23.7 Å². The second kappa shape index (κ2) is 8.11. The number of hydrogen-bond donors (Lipinski definition) is 1. The molecule has 6 heteroatoms. The van der Waals surface area contributed by atoms with Crippen molar-refractivity contribution in [3.63, 3.8) is 0 Å². The van der Waals surface area contributed by atoms with Crippen LogP contribution in [0.3, 0.4) is 0 Å². The first-order valence-corrected chi connectivity index (χ1v) is 11.0. The summed E-state index contributed by atoms with van der Waals surface area (Å²) in [6, 6.07) is 17.9. The quantitative estimate of drug-likeness (QED) is 0.726. The number of likely N-dealkylation sites (tertiary alicyclic amines) is 2. The minimum absolute atomic E-state index is 0.0394. The molecule has 0 bridgehead atoms. The van der Waals surface area contributed by atoms with E-state index < -0.39 is 0 Å². The predicted molar refractivity (Wildman–Crippen MR) is 117 cm³/mol. The van der Waals surface area contributed by atoms with E-state index in [2.05, 4.69) is 22.0 Å². The number of fused-ring (bicyclic) bond motifs is 1. The Bertz CT molecular complexity index is 1070. The minimum atomic E-state index is -0.232. The lowest BCUT2D eigenvalue weighted by molar-refractivity contribution is -0.136. The Labute approximate surface area is 176 Å². The van der Waals surface area contributed by atoms with E-state index in [4.69, 9.17) is 0 Å². The van der Waals surface area contributed by atoms with Crippen LogP contribution in [0.4, 0.5) is 0 Å². The summed E-state index contributed by atoms with van der Waals surface area (Å²) in [5.74, 6) is 0.224. The molecule has 156 valence electrons. The van der Waals surface area contributed by atoms with Crippen molar-refractivity contribution in [2.45, 2.75) is 37.8 Å². The fourth-order valence-corrected chi connectivity index (χ4v) is 5.09. The van der Waals surface area contributed by atoms with Crippen LogP contribution < -0.4 is 5.69 Å². The van der Waals surface area contributed by atoms with E-state index in [1.165, 1.54) is 0 Å². The van der Waals surface area contributed by atoms with Crippen LogP contribution >= 0.6 is 0 Å². The summed E-state index contributed by atoms with van der Waals surface area (Å²) < 4.78 is 1.91. The molecule has 1 atom stereocenters. The molecule has 3 heterocycles. The molecule has 1 N–H and O–H groups in total. The highest BCUT2D eigenvalue weighted by Gasteiger charge is 2.35. The molecule has 0 radical (unpaired) electrons. The number of aromatic nitrogens is 2. The van der Waals surface area contributed by atoms with E-state index in [0.717, 1.165) is 68.5 Å². The number of piperidine rings is 1. The maximum atomic E-state index is 13.4. The number of rotatable bonds is 4. The smallest absolute Gasteiger partial charge is 0.326 e. The molecule has 2 saturated heterocycles. The fourth-order valence-electron chi connectivity index (χ4n) is 5.09. The molecule has 0 unspecified atom stereocenters. The van der Waals surface area contributed by atoms with Crippen LogP contribution in [0.25, 0.3) is 11.0 Å². The molecule has 3 aromatic rings. The highest BCUT2D eigenvalue weighted by molar-refractivity contribution is 5.83. The van der Waals surface area contributed by atoms with Crippen molar-refractivity contribution in [3.05, 3.63) is 70.6 Å². The van der Waals surface area contributed by atoms with Crippen LogP contribution in [0.2, 0.25) is 0 Å². The van der Waals surface area contributed by atoms with Gasteiger partial charge in [-0.15, -0.1) is 0 Å². The zero-order valence-electron chi connectivity index (χ0n) is 17.2. The third-order valence-corrected chi connectivity index (χ3v) is 6.62. The molecule has 2 aliphatic heterocycles. The largest absolute Gasteiger partial charge is 0.341 e. The Morgan fingerprint density at radius 1 is 0.900 bits per heavy atom. The molecular formula is C24H28N4O2. The van der Waals surface area contributed by atoms with E-state index >= 15 is 0 Å². The molecule has 5 rings (SSSR count). The summed E-state index contributed by atoms with van der Waals surface area (Å²) in [6.07, 6.45) is 3.91. The summed E-state index contributed by atoms with van der Waals surface area (Å²) in [5.41, 5.74) is 2.88. The molecule has 2 aliphatic rings. The van der Waals surface area contributed by atoms with Crippen LogP contribution in [-0.2, 0) is 4.79 Å². The van der Waals surface area contributed by atoms with Crippen molar-refractivity contribution in [1.29, 1.82) is 0 Å². The second-order valence-corrected chi connectivity index (χ2v) is 8.43. The normalized spacial score (nSPS) is 19.4. The van der Waals surface area contributed by atoms with Gasteiger partial charge in [-0.25, -0.2) is 4.79 Å². The van der Waals surface area contributed by atoms with E-state index in [1.54, 1.807) is 0 Å². The molecular weight excluding hydrogens is 376 g/mol. The van der Waals surface area contributed by atoms with Gasteiger partial charge in [-0.1, -0.05) is 42.5 Å². The van der Waals surface area contributed by atoms with Gasteiger partial charge in [0, 0.05) is 32.2 Å². The summed E-state index contributed by atoms with van der Waals surface area (Å²) in [6.45, 7) is 3.33. The molecule has 2 aromatic carbocycles.